The second-order valence-electron chi connectivity index (χ2n) is 8.47. The minimum Gasteiger partial charge on any atom is -0.481 e. The summed E-state index contributed by atoms with van der Waals surface area (Å²) in [5.41, 5.74) is 11.8. The predicted molar refractivity (Wildman–Crippen MR) is 109 cm³/mol. The lowest BCUT2D eigenvalue weighted by Gasteiger charge is -2.38. The van der Waals surface area contributed by atoms with Gasteiger partial charge in [0.05, 0.1) is 31.0 Å². The number of hydrogen-bond acceptors (Lipinski definition) is 11. The molecule has 0 bridgehead atoms. The molecule has 3 heterocycles. The highest BCUT2D eigenvalue weighted by molar-refractivity contribution is 5.69. The van der Waals surface area contributed by atoms with E-state index in [0.29, 0.717) is 52.4 Å². The number of ether oxygens (including phenoxy) is 1. The maximum atomic E-state index is 11.0. The van der Waals surface area contributed by atoms with Crippen molar-refractivity contribution >= 4 is 5.97 Å². The number of nitrogens with two attached hydrogens (primary N) is 2. The lowest BCUT2D eigenvalue weighted by molar-refractivity contribution is -0.141. The zero-order valence-electron chi connectivity index (χ0n) is 17.5. The van der Waals surface area contributed by atoms with Gasteiger partial charge in [0.25, 0.3) is 0 Å². The maximum absolute atomic E-state index is 11.0. The van der Waals surface area contributed by atoms with Crippen molar-refractivity contribution in [3.05, 3.63) is 0 Å². The van der Waals surface area contributed by atoms with E-state index in [9.17, 15) is 15.0 Å². The van der Waals surface area contributed by atoms with Crippen molar-refractivity contribution in [1.29, 1.82) is 0 Å². The van der Waals surface area contributed by atoms with E-state index < -0.39 is 36.4 Å². The topological polar surface area (TPSA) is 182 Å². The summed E-state index contributed by atoms with van der Waals surface area (Å²) in [6.45, 7) is 4.84. The van der Waals surface area contributed by atoms with E-state index in [1.165, 1.54) is 0 Å². The molecule has 0 aromatic rings. The molecule has 0 aromatic carbocycles. The average Bonchev–Trinajstić information content (AvgIpc) is 3.25. The Morgan fingerprint density at radius 2 is 2.03 bits per heavy atom. The first-order chi connectivity index (χ1) is 14.3. The Morgan fingerprint density at radius 1 is 1.27 bits per heavy atom. The molecule has 0 amide bonds. The molecule has 0 radical (unpaired) electrons. The summed E-state index contributed by atoms with van der Waals surface area (Å²) in [7, 11) is 0. The molecule has 0 aromatic heterocycles. The molecule has 3 aliphatic rings. The average molecular weight is 432 g/mol. The Morgan fingerprint density at radius 3 is 2.73 bits per heavy atom. The number of carboxylic acids is 1. The van der Waals surface area contributed by atoms with Gasteiger partial charge in [0.1, 0.15) is 24.5 Å². The van der Waals surface area contributed by atoms with Gasteiger partial charge in [-0.15, -0.1) is 0 Å². The molecule has 8 atom stereocenters. The molecule has 3 fully saturated rings. The first kappa shape index (κ1) is 23.7. The van der Waals surface area contributed by atoms with Crippen molar-refractivity contribution in [2.45, 2.75) is 62.7 Å². The van der Waals surface area contributed by atoms with Gasteiger partial charge in [-0.05, 0) is 19.4 Å². The van der Waals surface area contributed by atoms with E-state index in [1.54, 1.807) is 6.92 Å². The second-order valence-corrected chi connectivity index (χ2v) is 8.47. The van der Waals surface area contributed by atoms with Crippen LogP contribution in [0.15, 0.2) is 0 Å². The Hall–Kier alpha value is -0.930. The molecular formula is C18H37N7O5. The zero-order valence-corrected chi connectivity index (χ0v) is 17.5. The van der Waals surface area contributed by atoms with Crippen molar-refractivity contribution in [3.8, 4) is 0 Å². The molecule has 0 spiro atoms. The summed E-state index contributed by atoms with van der Waals surface area (Å²) in [5.74, 6) is -1.20. The molecule has 3 rings (SSSR count). The fraction of sp³-hybridized carbons (Fsp3) is 0.944. The van der Waals surface area contributed by atoms with Crippen LogP contribution in [0.25, 0.3) is 0 Å². The van der Waals surface area contributed by atoms with Crippen LogP contribution in [-0.2, 0) is 9.53 Å². The van der Waals surface area contributed by atoms with Crippen LogP contribution >= 0.6 is 0 Å². The lowest BCUT2D eigenvalue weighted by atomic mass is 10.1. The number of carboxylic acid groups (broad SMARTS) is 1. The Balaban J connectivity index is 1.56. The number of nitrogens with one attached hydrogen (secondary N) is 3. The van der Waals surface area contributed by atoms with Gasteiger partial charge in [-0.25, -0.2) is 4.90 Å². The highest BCUT2D eigenvalue weighted by Crippen LogP contribution is 2.29. The van der Waals surface area contributed by atoms with Crippen molar-refractivity contribution in [2.24, 2.45) is 17.4 Å². The number of aliphatic hydroxyl groups is 2. The van der Waals surface area contributed by atoms with Crippen LogP contribution in [0, 0.1) is 5.92 Å². The minimum atomic E-state index is -1.05. The van der Waals surface area contributed by atoms with E-state index >= 15 is 0 Å². The molecule has 3 saturated heterocycles. The first-order valence-electron chi connectivity index (χ1n) is 10.7. The normalized spacial score (nSPS) is 38.1. The number of hydrogen-bond donors (Lipinski definition) is 8. The smallest absolute Gasteiger partial charge is 0.306 e. The summed E-state index contributed by atoms with van der Waals surface area (Å²) in [6, 6.07) is -0.0318. The molecule has 10 N–H and O–H groups in total. The Kier molecular flexibility index (Phi) is 8.38. The number of nitrogens with zero attached hydrogens (tertiary/aromatic N) is 2. The monoisotopic (exact) mass is 431 g/mol. The SMILES string of the molecule is CC(CCCN(CCN)C[C@H]1O[C@@H](N2CNC3C(N)NCNC32)[C@H](O)[C@@H]1O)C(=O)O. The van der Waals surface area contributed by atoms with Crippen LogP contribution < -0.4 is 27.4 Å². The molecule has 0 saturated carbocycles. The van der Waals surface area contributed by atoms with Crippen LogP contribution in [-0.4, -0.2) is 114 Å². The largest absolute Gasteiger partial charge is 0.481 e. The van der Waals surface area contributed by atoms with Gasteiger partial charge in [0, 0.05) is 26.3 Å². The maximum Gasteiger partial charge on any atom is 0.306 e. The number of fused-ring (bicyclic) bond motifs is 1. The van der Waals surface area contributed by atoms with E-state index in [2.05, 4.69) is 20.9 Å². The van der Waals surface area contributed by atoms with Crippen molar-refractivity contribution in [3.63, 3.8) is 0 Å². The van der Waals surface area contributed by atoms with Crippen LogP contribution in [0.4, 0.5) is 0 Å². The highest BCUT2D eigenvalue weighted by atomic mass is 16.6. The Labute approximate surface area is 176 Å². The summed E-state index contributed by atoms with van der Waals surface area (Å²) in [4.78, 5) is 15.0. The zero-order chi connectivity index (χ0) is 21.8. The van der Waals surface area contributed by atoms with Gasteiger partial charge >= 0.3 is 5.97 Å². The molecule has 4 unspecified atom stereocenters. The lowest BCUT2D eigenvalue weighted by Crippen LogP contribution is -2.68. The van der Waals surface area contributed by atoms with Crippen molar-refractivity contribution < 1.29 is 24.9 Å². The molecule has 30 heavy (non-hydrogen) atoms. The van der Waals surface area contributed by atoms with E-state index in [0.717, 1.165) is 0 Å². The van der Waals surface area contributed by atoms with Crippen molar-refractivity contribution in [1.82, 2.24) is 25.8 Å². The fourth-order valence-corrected chi connectivity index (χ4v) is 4.48. The molecule has 12 nitrogen and oxygen atoms in total. The van der Waals surface area contributed by atoms with E-state index in [1.807, 2.05) is 4.90 Å². The quantitative estimate of drug-likeness (QED) is 0.169. The summed E-state index contributed by atoms with van der Waals surface area (Å²) >= 11 is 0. The van der Waals surface area contributed by atoms with Gasteiger partial charge in [0.2, 0.25) is 0 Å². The van der Waals surface area contributed by atoms with Crippen molar-refractivity contribution in [2.75, 3.05) is 39.5 Å². The van der Waals surface area contributed by atoms with E-state index in [4.69, 9.17) is 21.3 Å². The number of aliphatic hydroxyl groups excluding tert-OH is 2. The van der Waals surface area contributed by atoms with Crippen LogP contribution in [0.2, 0.25) is 0 Å². The summed E-state index contributed by atoms with van der Waals surface area (Å²) in [6.07, 6.45) is -2.34. The Bertz CT molecular complexity index is 573. The summed E-state index contributed by atoms with van der Waals surface area (Å²) < 4.78 is 6.10. The third-order valence-electron chi connectivity index (χ3n) is 6.32. The van der Waals surface area contributed by atoms with Gasteiger partial charge in [-0.3, -0.25) is 25.6 Å². The second kappa shape index (κ2) is 10.6. The minimum absolute atomic E-state index is 0.0318. The third-order valence-corrected chi connectivity index (χ3v) is 6.32. The van der Waals surface area contributed by atoms with Gasteiger partial charge < -0.3 is 31.5 Å². The molecule has 12 heteroatoms. The summed E-state index contributed by atoms with van der Waals surface area (Å²) in [5, 5.41) is 40.1. The molecule has 174 valence electrons. The number of carbonyl (C=O) groups is 1. The highest BCUT2D eigenvalue weighted by Gasteiger charge is 2.51. The predicted octanol–water partition coefficient (Wildman–Crippen LogP) is -3.81. The molecule has 0 aliphatic carbocycles. The van der Waals surface area contributed by atoms with Crippen LogP contribution in [0.5, 0.6) is 0 Å². The van der Waals surface area contributed by atoms with Crippen LogP contribution in [0.1, 0.15) is 19.8 Å². The van der Waals surface area contributed by atoms with Gasteiger partial charge in [-0.1, -0.05) is 6.92 Å². The third kappa shape index (κ3) is 5.27. The molecular weight excluding hydrogens is 394 g/mol. The van der Waals surface area contributed by atoms with Crippen LogP contribution in [0.3, 0.4) is 0 Å². The van der Waals surface area contributed by atoms with Gasteiger partial charge in [0.15, 0.2) is 0 Å². The van der Waals surface area contributed by atoms with Gasteiger partial charge in [-0.2, -0.15) is 0 Å². The molecule has 3 aliphatic heterocycles. The first-order valence-corrected chi connectivity index (χ1v) is 10.7. The standard InChI is InChI=1S/C18H37N7O5/c1-10(18(28)29)3-2-5-24(6-4-19)7-11-13(26)14(27)17(30-11)25-9-23-12-15(20)21-8-22-16(12)25/h10-17,21-23,26-27H,2-9,19-20H2,1H3,(H,28,29)/t10?,11-,12?,13-,14-,15?,16?,17-/m1/s1. The fourth-order valence-electron chi connectivity index (χ4n) is 4.48. The number of aliphatic carboxylic acids is 1. The van der Waals surface area contributed by atoms with E-state index in [-0.39, 0.29) is 18.4 Å². The number of rotatable bonds is 10.